The fraction of sp³-hybridized carbons (Fsp3) is 0.529. The second-order valence-corrected chi connectivity index (χ2v) is 6.69. The minimum Gasteiger partial charge on any atom is -0.486 e. The first-order valence-corrected chi connectivity index (χ1v) is 8.28. The SMILES string of the molecule is O=C(Nc1cccc2c1OCCO2)N1C[C@@H]2CCC[C@@]2(C(=O)O)C1. The van der Waals surface area contributed by atoms with Crippen molar-refractivity contribution in [1.82, 2.24) is 4.90 Å². The summed E-state index contributed by atoms with van der Waals surface area (Å²) in [6.45, 7) is 1.68. The Bertz CT molecular complexity index is 692. The quantitative estimate of drug-likeness (QED) is 0.866. The zero-order valence-corrected chi connectivity index (χ0v) is 13.3. The molecule has 1 saturated heterocycles. The molecule has 2 heterocycles. The van der Waals surface area contributed by atoms with E-state index in [1.165, 1.54) is 0 Å². The molecular weight excluding hydrogens is 312 g/mol. The standard InChI is InChI=1S/C17H20N2O5/c20-15(21)17-6-2-3-11(17)9-19(10-17)16(22)18-12-4-1-5-13-14(12)24-8-7-23-13/h1,4-5,11H,2-3,6-10H2,(H,18,22)(H,20,21)/t11-,17+/m0/s1. The van der Waals surface area contributed by atoms with E-state index in [1.54, 1.807) is 23.1 Å². The van der Waals surface area contributed by atoms with Gasteiger partial charge < -0.3 is 24.8 Å². The monoisotopic (exact) mass is 332 g/mol. The number of nitrogens with zero attached hydrogens (tertiary/aromatic N) is 1. The van der Waals surface area contributed by atoms with E-state index >= 15 is 0 Å². The highest BCUT2D eigenvalue weighted by atomic mass is 16.6. The van der Waals surface area contributed by atoms with Gasteiger partial charge in [-0.2, -0.15) is 0 Å². The lowest BCUT2D eigenvalue weighted by molar-refractivity contribution is -0.149. The van der Waals surface area contributed by atoms with Crippen molar-refractivity contribution in [3.8, 4) is 11.5 Å². The molecule has 2 fully saturated rings. The number of aliphatic carboxylic acids is 1. The minimum absolute atomic E-state index is 0.0463. The Hall–Kier alpha value is -2.44. The molecule has 0 bridgehead atoms. The maximum atomic E-state index is 12.6. The number of carboxylic acid groups (broad SMARTS) is 1. The van der Waals surface area contributed by atoms with Crippen molar-refractivity contribution in [3.63, 3.8) is 0 Å². The molecule has 4 rings (SSSR count). The predicted octanol–water partition coefficient (Wildman–Crippen LogP) is 2.18. The Morgan fingerprint density at radius 1 is 1.29 bits per heavy atom. The van der Waals surface area contributed by atoms with Gasteiger partial charge in [-0.3, -0.25) is 4.79 Å². The normalized spacial score (nSPS) is 27.7. The number of ether oxygens (including phenoxy) is 2. The van der Waals surface area contributed by atoms with Crippen LogP contribution in [0.3, 0.4) is 0 Å². The van der Waals surface area contributed by atoms with Gasteiger partial charge in [-0.25, -0.2) is 4.79 Å². The topological polar surface area (TPSA) is 88.1 Å². The van der Waals surface area contributed by atoms with E-state index in [9.17, 15) is 14.7 Å². The summed E-state index contributed by atoms with van der Waals surface area (Å²) >= 11 is 0. The van der Waals surface area contributed by atoms with Crippen molar-refractivity contribution in [2.45, 2.75) is 19.3 Å². The molecule has 2 aliphatic heterocycles. The average molecular weight is 332 g/mol. The van der Waals surface area contributed by atoms with Gasteiger partial charge >= 0.3 is 12.0 Å². The number of anilines is 1. The van der Waals surface area contributed by atoms with Crippen LogP contribution in [0.4, 0.5) is 10.5 Å². The fourth-order valence-corrected chi connectivity index (χ4v) is 4.16. The largest absolute Gasteiger partial charge is 0.486 e. The number of nitrogens with one attached hydrogen (secondary N) is 1. The van der Waals surface area contributed by atoms with Crippen molar-refractivity contribution < 1.29 is 24.2 Å². The summed E-state index contributed by atoms with van der Waals surface area (Å²) in [5.41, 5.74) is -0.216. The zero-order chi connectivity index (χ0) is 16.7. The van der Waals surface area contributed by atoms with Crippen LogP contribution in [0.25, 0.3) is 0 Å². The number of benzene rings is 1. The summed E-state index contributed by atoms with van der Waals surface area (Å²) < 4.78 is 11.1. The maximum absolute atomic E-state index is 12.6. The van der Waals surface area contributed by atoms with Crippen LogP contribution in [0, 0.1) is 11.3 Å². The number of urea groups is 1. The third-order valence-corrected chi connectivity index (χ3v) is 5.39. The van der Waals surface area contributed by atoms with Gasteiger partial charge in [0.1, 0.15) is 13.2 Å². The van der Waals surface area contributed by atoms with Crippen LogP contribution >= 0.6 is 0 Å². The van der Waals surface area contributed by atoms with Crippen LogP contribution in [0.1, 0.15) is 19.3 Å². The van der Waals surface area contributed by atoms with Crippen molar-refractivity contribution in [3.05, 3.63) is 18.2 Å². The Morgan fingerprint density at radius 3 is 2.92 bits per heavy atom. The number of hydrogen-bond acceptors (Lipinski definition) is 4. The van der Waals surface area contributed by atoms with Gasteiger partial charge in [0, 0.05) is 13.1 Å². The van der Waals surface area contributed by atoms with E-state index in [1.807, 2.05) is 0 Å². The van der Waals surface area contributed by atoms with Crippen molar-refractivity contribution >= 4 is 17.7 Å². The van der Waals surface area contributed by atoms with E-state index < -0.39 is 11.4 Å². The molecule has 128 valence electrons. The number of hydrogen-bond donors (Lipinski definition) is 2. The zero-order valence-electron chi connectivity index (χ0n) is 13.3. The fourth-order valence-electron chi connectivity index (χ4n) is 4.16. The lowest BCUT2D eigenvalue weighted by Crippen LogP contribution is -2.38. The maximum Gasteiger partial charge on any atom is 0.321 e. The highest BCUT2D eigenvalue weighted by Gasteiger charge is 2.55. The van der Waals surface area contributed by atoms with E-state index in [0.29, 0.717) is 43.4 Å². The Morgan fingerprint density at radius 2 is 2.12 bits per heavy atom. The van der Waals surface area contributed by atoms with E-state index in [-0.39, 0.29) is 18.5 Å². The molecule has 7 heteroatoms. The number of fused-ring (bicyclic) bond motifs is 2. The number of rotatable bonds is 2. The first kappa shape index (κ1) is 15.1. The minimum atomic E-state index is -0.783. The van der Waals surface area contributed by atoms with Gasteiger partial charge in [0.05, 0.1) is 11.1 Å². The molecule has 0 radical (unpaired) electrons. The summed E-state index contributed by atoms with van der Waals surface area (Å²) in [7, 11) is 0. The van der Waals surface area contributed by atoms with Gasteiger partial charge in [0.25, 0.3) is 0 Å². The van der Waals surface area contributed by atoms with Gasteiger partial charge in [-0.1, -0.05) is 12.5 Å². The third-order valence-electron chi connectivity index (χ3n) is 5.39. The van der Waals surface area contributed by atoms with Crippen molar-refractivity contribution in [2.24, 2.45) is 11.3 Å². The number of carboxylic acids is 1. The molecule has 0 aromatic heterocycles. The molecule has 0 spiro atoms. The summed E-state index contributed by atoms with van der Waals surface area (Å²) in [6, 6.07) is 5.06. The van der Waals surface area contributed by atoms with Gasteiger partial charge in [-0.15, -0.1) is 0 Å². The summed E-state index contributed by atoms with van der Waals surface area (Å²) in [6.07, 6.45) is 2.44. The molecule has 1 aromatic carbocycles. The number of amides is 2. The molecule has 0 unspecified atom stereocenters. The van der Waals surface area contributed by atoms with Gasteiger partial charge in [-0.05, 0) is 30.9 Å². The van der Waals surface area contributed by atoms with Crippen LogP contribution in [-0.2, 0) is 4.79 Å². The second-order valence-electron chi connectivity index (χ2n) is 6.69. The van der Waals surface area contributed by atoms with Crippen LogP contribution in [0.2, 0.25) is 0 Å². The third kappa shape index (κ3) is 2.26. The first-order valence-electron chi connectivity index (χ1n) is 8.28. The van der Waals surface area contributed by atoms with Gasteiger partial charge in [0.2, 0.25) is 0 Å². The molecule has 1 saturated carbocycles. The molecular formula is C17H20N2O5. The molecule has 24 heavy (non-hydrogen) atoms. The predicted molar refractivity (Wildman–Crippen MR) is 85.4 cm³/mol. The molecule has 1 aliphatic carbocycles. The molecule has 1 aromatic rings. The summed E-state index contributed by atoms with van der Waals surface area (Å²) in [5, 5.41) is 12.5. The van der Waals surface area contributed by atoms with Crippen LogP contribution in [0.15, 0.2) is 18.2 Å². The Balaban J connectivity index is 1.51. The lowest BCUT2D eigenvalue weighted by atomic mass is 9.81. The molecule has 3 aliphatic rings. The molecule has 7 nitrogen and oxygen atoms in total. The van der Waals surface area contributed by atoms with E-state index in [0.717, 1.165) is 12.8 Å². The van der Waals surface area contributed by atoms with E-state index in [4.69, 9.17) is 9.47 Å². The second kappa shape index (κ2) is 5.58. The number of para-hydroxylation sites is 1. The van der Waals surface area contributed by atoms with Crippen LogP contribution in [-0.4, -0.2) is 48.3 Å². The Kier molecular flexibility index (Phi) is 3.51. The summed E-state index contributed by atoms with van der Waals surface area (Å²) in [5.74, 6) is 0.405. The van der Waals surface area contributed by atoms with Crippen LogP contribution in [0.5, 0.6) is 11.5 Å². The molecule has 2 amide bonds. The molecule has 2 N–H and O–H groups in total. The highest BCUT2D eigenvalue weighted by molar-refractivity contribution is 5.92. The van der Waals surface area contributed by atoms with Crippen molar-refractivity contribution in [2.75, 3.05) is 31.6 Å². The Labute approximate surface area is 139 Å². The molecule has 2 atom stereocenters. The number of carbonyl (C=O) groups excluding carboxylic acids is 1. The van der Waals surface area contributed by atoms with Crippen molar-refractivity contribution in [1.29, 1.82) is 0 Å². The smallest absolute Gasteiger partial charge is 0.321 e. The highest BCUT2D eigenvalue weighted by Crippen LogP contribution is 2.49. The van der Waals surface area contributed by atoms with Crippen LogP contribution < -0.4 is 14.8 Å². The summed E-state index contributed by atoms with van der Waals surface area (Å²) in [4.78, 5) is 26.0. The first-order chi connectivity index (χ1) is 11.6. The van der Waals surface area contributed by atoms with E-state index in [2.05, 4.69) is 5.32 Å². The average Bonchev–Trinajstić information content (AvgIpc) is 3.13. The lowest BCUT2D eigenvalue weighted by Gasteiger charge is -2.24. The number of carbonyl (C=O) groups is 2. The number of likely N-dealkylation sites (tertiary alicyclic amines) is 1. The van der Waals surface area contributed by atoms with Gasteiger partial charge in [0.15, 0.2) is 11.5 Å².